The van der Waals surface area contributed by atoms with E-state index in [0.29, 0.717) is 39.4 Å². The molecule has 3 atom stereocenters. The number of hydrogen-bond donors (Lipinski definition) is 1. The highest BCUT2D eigenvalue weighted by atomic mass is 35.5. The number of amides is 1. The van der Waals surface area contributed by atoms with E-state index in [9.17, 15) is 9.18 Å². The summed E-state index contributed by atoms with van der Waals surface area (Å²) >= 11 is 13.1. The van der Waals surface area contributed by atoms with Crippen molar-refractivity contribution in [2.24, 2.45) is 0 Å². The summed E-state index contributed by atoms with van der Waals surface area (Å²) in [7, 11) is 1.61. The first-order chi connectivity index (χ1) is 21.1. The SMILES string of the molecule is CC/C=C(/C)CC(c1cc(Cl)ccc1Oc1ccc(OC)cc1)[C@]1(C(C)c2cc(F)ccc2C)C(=O)Nc2cc(Cl)ccc21. The van der Waals surface area contributed by atoms with Gasteiger partial charge in [0.2, 0.25) is 5.91 Å². The smallest absolute Gasteiger partial charge is 0.236 e. The molecule has 5 rings (SSSR count). The molecule has 0 spiro atoms. The zero-order valence-corrected chi connectivity index (χ0v) is 27.0. The average Bonchev–Trinajstić information content (AvgIpc) is 3.29. The van der Waals surface area contributed by atoms with Crippen LogP contribution in [0.1, 0.15) is 67.7 Å². The molecule has 1 heterocycles. The number of benzene rings is 4. The summed E-state index contributed by atoms with van der Waals surface area (Å²) in [6.07, 6.45) is 3.54. The Labute approximate surface area is 268 Å². The number of fused-ring (bicyclic) bond motifs is 1. The van der Waals surface area contributed by atoms with Crippen molar-refractivity contribution in [3.8, 4) is 17.2 Å². The Morgan fingerprint density at radius 3 is 2.34 bits per heavy atom. The number of anilines is 1. The Morgan fingerprint density at radius 1 is 0.955 bits per heavy atom. The maximum Gasteiger partial charge on any atom is 0.236 e. The molecular weight excluding hydrogens is 596 g/mol. The van der Waals surface area contributed by atoms with Crippen molar-refractivity contribution in [2.45, 2.75) is 57.8 Å². The Morgan fingerprint density at radius 2 is 1.64 bits per heavy atom. The Balaban J connectivity index is 1.81. The fourth-order valence-corrected chi connectivity index (χ4v) is 7.01. The first-order valence-corrected chi connectivity index (χ1v) is 15.5. The van der Waals surface area contributed by atoms with Crippen LogP contribution in [0, 0.1) is 12.7 Å². The summed E-state index contributed by atoms with van der Waals surface area (Å²) in [6.45, 7) is 8.12. The predicted octanol–water partition coefficient (Wildman–Crippen LogP) is 10.8. The summed E-state index contributed by atoms with van der Waals surface area (Å²) in [5.41, 5.74) is 3.81. The quantitative estimate of drug-likeness (QED) is 0.177. The standard InChI is InChI=1S/C37H36Cl2FNO3/c1-6-7-22(2)18-33(31-19-25(38)10-17-35(31)44-29-14-12-28(43-5)13-15-29)37(24(4)30-21-27(40)11-8-23(30)3)32-16-9-26(39)20-34(32)41-36(37)42/h7-17,19-21,24,33H,6,18H2,1-5H3,(H,41,42)/b22-7-/t24?,33?,37-/m1/s1. The molecule has 0 saturated heterocycles. The molecule has 1 aliphatic heterocycles. The van der Waals surface area contributed by atoms with Gasteiger partial charge < -0.3 is 14.8 Å². The average molecular weight is 633 g/mol. The van der Waals surface area contributed by atoms with Gasteiger partial charge in [-0.15, -0.1) is 0 Å². The molecule has 0 bridgehead atoms. The van der Waals surface area contributed by atoms with Gasteiger partial charge in [0, 0.05) is 33.1 Å². The molecule has 4 aromatic carbocycles. The molecule has 0 fully saturated rings. The van der Waals surface area contributed by atoms with E-state index in [1.54, 1.807) is 37.4 Å². The van der Waals surface area contributed by atoms with Crippen LogP contribution in [0.15, 0.2) is 90.5 Å². The Bertz CT molecular complexity index is 1720. The highest BCUT2D eigenvalue weighted by Crippen LogP contribution is 2.59. The van der Waals surface area contributed by atoms with Gasteiger partial charge in [0.1, 0.15) is 23.1 Å². The fourth-order valence-electron chi connectivity index (χ4n) is 6.65. The lowest BCUT2D eigenvalue weighted by atomic mass is 9.58. The van der Waals surface area contributed by atoms with Crippen LogP contribution in [0.25, 0.3) is 0 Å². The molecule has 44 heavy (non-hydrogen) atoms. The van der Waals surface area contributed by atoms with Crippen LogP contribution in [0.2, 0.25) is 10.0 Å². The second-order valence-corrected chi connectivity index (χ2v) is 12.3. The lowest BCUT2D eigenvalue weighted by molar-refractivity contribution is -0.122. The van der Waals surface area contributed by atoms with Crippen molar-refractivity contribution in [3.05, 3.63) is 129 Å². The van der Waals surface area contributed by atoms with Crippen LogP contribution < -0.4 is 14.8 Å². The molecular formula is C37H36Cl2FNO3. The fraction of sp³-hybridized carbons (Fsp3) is 0.270. The van der Waals surface area contributed by atoms with E-state index in [1.165, 1.54) is 6.07 Å². The molecule has 1 aliphatic rings. The van der Waals surface area contributed by atoms with Crippen LogP contribution in [-0.4, -0.2) is 13.0 Å². The third kappa shape index (κ3) is 5.96. The van der Waals surface area contributed by atoms with E-state index >= 15 is 0 Å². The van der Waals surface area contributed by atoms with Gasteiger partial charge >= 0.3 is 0 Å². The summed E-state index contributed by atoms with van der Waals surface area (Å²) in [4.78, 5) is 14.7. The normalized spacial score (nSPS) is 17.5. The summed E-state index contributed by atoms with van der Waals surface area (Å²) in [6, 6.07) is 23.1. The van der Waals surface area contributed by atoms with E-state index in [2.05, 4.69) is 25.2 Å². The van der Waals surface area contributed by atoms with E-state index < -0.39 is 17.3 Å². The number of ether oxygens (including phenoxy) is 2. The van der Waals surface area contributed by atoms with E-state index in [1.807, 2.05) is 56.3 Å². The van der Waals surface area contributed by atoms with Crippen molar-refractivity contribution in [1.29, 1.82) is 0 Å². The largest absolute Gasteiger partial charge is 0.497 e. The van der Waals surface area contributed by atoms with Gasteiger partial charge in [0.15, 0.2) is 0 Å². The first kappa shape index (κ1) is 31.6. The zero-order chi connectivity index (χ0) is 31.6. The van der Waals surface area contributed by atoms with Crippen LogP contribution in [0.4, 0.5) is 10.1 Å². The van der Waals surface area contributed by atoms with Gasteiger partial charge in [-0.2, -0.15) is 0 Å². The van der Waals surface area contributed by atoms with Gasteiger partial charge in [-0.1, -0.05) is 60.8 Å². The van der Waals surface area contributed by atoms with E-state index in [4.69, 9.17) is 32.7 Å². The molecule has 0 saturated carbocycles. The van der Waals surface area contributed by atoms with Gasteiger partial charge in [-0.25, -0.2) is 4.39 Å². The minimum absolute atomic E-state index is 0.185. The number of aryl methyl sites for hydroxylation is 1. The number of nitrogens with one attached hydrogen (secondary N) is 1. The minimum atomic E-state index is -1.18. The number of carbonyl (C=O) groups excluding carboxylic acids is 1. The van der Waals surface area contributed by atoms with Crippen LogP contribution in [0.5, 0.6) is 17.2 Å². The monoisotopic (exact) mass is 631 g/mol. The van der Waals surface area contributed by atoms with Crippen molar-refractivity contribution in [3.63, 3.8) is 0 Å². The van der Waals surface area contributed by atoms with Crippen molar-refractivity contribution in [1.82, 2.24) is 0 Å². The molecule has 4 aromatic rings. The van der Waals surface area contributed by atoms with E-state index in [-0.39, 0.29) is 11.7 Å². The second-order valence-electron chi connectivity index (χ2n) is 11.4. The summed E-state index contributed by atoms with van der Waals surface area (Å²) < 4.78 is 26.7. The summed E-state index contributed by atoms with van der Waals surface area (Å²) in [5, 5.41) is 4.17. The molecule has 7 heteroatoms. The lowest BCUT2D eigenvalue weighted by Crippen LogP contribution is -2.45. The highest BCUT2D eigenvalue weighted by molar-refractivity contribution is 6.31. The molecule has 0 aromatic heterocycles. The van der Waals surface area contributed by atoms with Crippen molar-refractivity contribution < 1.29 is 18.7 Å². The number of allylic oxidation sites excluding steroid dienone is 2. The second kappa shape index (κ2) is 13.1. The van der Waals surface area contributed by atoms with Gasteiger partial charge in [-0.3, -0.25) is 4.79 Å². The Kier molecular flexibility index (Phi) is 9.38. The molecule has 2 unspecified atom stereocenters. The minimum Gasteiger partial charge on any atom is -0.497 e. The molecule has 4 nitrogen and oxygen atoms in total. The third-order valence-electron chi connectivity index (χ3n) is 8.70. The number of halogens is 3. The van der Waals surface area contributed by atoms with Gasteiger partial charge in [-0.05, 0) is 110 Å². The van der Waals surface area contributed by atoms with Gasteiger partial charge in [0.25, 0.3) is 0 Å². The highest BCUT2D eigenvalue weighted by Gasteiger charge is 2.57. The topological polar surface area (TPSA) is 47.6 Å². The zero-order valence-electron chi connectivity index (χ0n) is 25.5. The van der Waals surface area contributed by atoms with Crippen molar-refractivity contribution in [2.75, 3.05) is 12.4 Å². The Hall–Kier alpha value is -3.80. The number of carbonyl (C=O) groups is 1. The maximum absolute atomic E-state index is 14.8. The lowest BCUT2D eigenvalue weighted by Gasteiger charge is -2.42. The number of hydrogen-bond acceptors (Lipinski definition) is 3. The van der Waals surface area contributed by atoms with Crippen LogP contribution in [0.3, 0.4) is 0 Å². The maximum atomic E-state index is 14.8. The van der Waals surface area contributed by atoms with Gasteiger partial charge in [0.05, 0.1) is 12.5 Å². The first-order valence-electron chi connectivity index (χ1n) is 14.7. The molecule has 1 N–H and O–H groups in total. The van der Waals surface area contributed by atoms with E-state index in [0.717, 1.165) is 34.2 Å². The summed E-state index contributed by atoms with van der Waals surface area (Å²) in [5.74, 6) is 0.447. The van der Waals surface area contributed by atoms with Crippen LogP contribution >= 0.6 is 23.2 Å². The third-order valence-corrected chi connectivity index (χ3v) is 9.18. The molecule has 0 aliphatic carbocycles. The predicted molar refractivity (Wildman–Crippen MR) is 177 cm³/mol. The molecule has 1 amide bonds. The molecule has 228 valence electrons. The van der Waals surface area contributed by atoms with Crippen molar-refractivity contribution >= 4 is 34.8 Å². The molecule has 0 radical (unpaired) electrons. The number of rotatable bonds is 10. The number of methoxy groups -OCH3 is 1. The van der Waals surface area contributed by atoms with Crippen LogP contribution in [-0.2, 0) is 10.2 Å².